The number of carbonyl (C=O) groups is 2. The van der Waals surface area contributed by atoms with Crippen LogP contribution < -0.4 is 30.5 Å². The Balaban J connectivity index is 0.642. The van der Waals surface area contributed by atoms with Gasteiger partial charge in [0.15, 0.2) is 17.4 Å². The summed E-state index contributed by atoms with van der Waals surface area (Å²) in [5.41, 5.74) is 11.4. The van der Waals surface area contributed by atoms with Crippen molar-refractivity contribution in [2.24, 2.45) is 5.92 Å². The summed E-state index contributed by atoms with van der Waals surface area (Å²) in [6.45, 7) is 10.9. The van der Waals surface area contributed by atoms with Gasteiger partial charge in [0.25, 0.3) is 0 Å². The number of piperazine rings is 1. The van der Waals surface area contributed by atoms with Gasteiger partial charge in [-0.15, -0.1) is 10.2 Å². The molecule has 1 saturated carbocycles. The molecule has 2 amide bonds. The number of fused-ring (bicyclic) bond motifs is 2. The smallest absolute Gasteiger partial charge is 0.243 e. The van der Waals surface area contributed by atoms with Gasteiger partial charge in [-0.25, -0.2) is 9.97 Å². The third kappa shape index (κ3) is 9.93. The summed E-state index contributed by atoms with van der Waals surface area (Å²) in [7, 11) is 0. The number of anilines is 4. The van der Waals surface area contributed by atoms with Gasteiger partial charge in [-0.2, -0.15) is 0 Å². The number of imidazole rings is 1. The van der Waals surface area contributed by atoms with E-state index in [0.717, 1.165) is 93.2 Å². The Kier molecular flexibility index (Phi) is 13.6. The van der Waals surface area contributed by atoms with E-state index in [9.17, 15) is 19.8 Å². The number of aliphatic hydroxyl groups is 1. The van der Waals surface area contributed by atoms with Crippen molar-refractivity contribution in [1.29, 1.82) is 0 Å². The summed E-state index contributed by atoms with van der Waals surface area (Å²) in [6.07, 6.45) is 10.5. The Bertz CT molecular complexity index is 2940. The van der Waals surface area contributed by atoms with E-state index in [0.29, 0.717) is 34.5 Å². The topological polar surface area (TPSA) is 227 Å². The number of aliphatic hydroxyl groups excluding tert-OH is 1. The second kappa shape index (κ2) is 20.6. The zero-order valence-electron chi connectivity index (χ0n) is 42.4. The van der Waals surface area contributed by atoms with Crippen molar-refractivity contribution in [3.63, 3.8) is 0 Å². The summed E-state index contributed by atoms with van der Waals surface area (Å²) in [5.74, 6) is 1.74. The minimum Gasteiger partial charge on any atom is -0.507 e. The number of benzene rings is 2. The Morgan fingerprint density at radius 1 is 0.824 bits per heavy atom. The van der Waals surface area contributed by atoms with Crippen LogP contribution in [0.5, 0.6) is 11.6 Å². The molecule has 2 aromatic carbocycles. The van der Waals surface area contributed by atoms with E-state index in [2.05, 4.69) is 57.5 Å². The van der Waals surface area contributed by atoms with Crippen LogP contribution in [-0.4, -0.2) is 132 Å². The van der Waals surface area contributed by atoms with Crippen molar-refractivity contribution < 1.29 is 33.8 Å². The Morgan fingerprint density at radius 2 is 1.58 bits per heavy atom. The molecule has 2 bridgehead atoms. The first kappa shape index (κ1) is 49.0. The predicted octanol–water partition coefficient (Wildman–Crippen LogP) is 6.34. The lowest BCUT2D eigenvalue weighted by atomic mass is 9.91. The number of phenolic OH excluding ortho intramolecular Hbond substituents is 1. The van der Waals surface area contributed by atoms with Gasteiger partial charge in [0.1, 0.15) is 29.6 Å². The number of pyridine rings is 1. The van der Waals surface area contributed by atoms with Gasteiger partial charge in [0, 0.05) is 112 Å². The molecule has 11 rings (SSSR count). The number of nitrogens with zero attached hydrogens (tertiary/aromatic N) is 10. The highest BCUT2D eigenvalue weighted by molar-refractivity contribution is 5.91. The number of amides is 2. The maximum atomic E-state index is 14.4. The Hall–Kier alpha value is -7.25. The number of aryl methyl sites for hydroxylation is 1. The fraction of sp³-hybridized carbons (Fsp3) is 0.473. The molecule has 4 aliphatic heterocycles. The molecule has 2 unspecified atom stereocenters. The molecule has 0 radical (unpaired) electrons. The van der Waals surface area contributed by atoms with E-state index in [1.54, 1.807) is 18.3 Å². The van der Waals surface area contributed by atoms with E-state index in [4.69, 9.17) is 19.7 Å². The van der Waals surface area contributed by atoms with Gasteiger partial charge in [0.2, 0.25) is 17.7 Å². The molecule has 19 nitrogen and oxygen atoms in total. The molecule has 74 heavy (non-hydrogen) atoms. The first-order chi connectivity index (χ1) is 35.8. The number of hydrogen-bond donors (Lipinski definition) is 4. The van der Waals surface area contributed by atoms with Crippen LogP contribution in [0.25, 0.3) is 16.9 Å². The van der Waals surface area contributed by atoms with E-state index in [-0.39, 0.29) is 72.9 Å². The number of aromatic hydroxyl groups is 1. The number of para-hydroxylation sites is 1. The number of nitrogens with two attached hydrogens (primary N) is 1. The van der Waals surface area contributed by atoms with Crippen molar-refractivity contribution >= 4 is 34.8 Å². The predicted molar refractivity (Wildman–Crippen MR) is 278 cm³/mol. The SMILES string of the molecule is Cc1nccn1-c1ccc([C@H](C)NC(=O)[C@@H]2C[C@@H](O)CN2C(=O)[C@@H](c2cc(N3CCC(O[C@H]4C[C@H](Oc5cc(N6C7CCC6CN(c6cc(-c8ccccc8O)nnc6N)C7)ccn5)C4)CC3)no2)C(C)C)cc1. The Morgan fingerprint density at radius 3 is 2.30 bits per heavy atom. The van der Waals surface area contributed by atoms with Gasteiger partial charge in [0.05, 0.1) is 35.7 Å². The van der Waals surface area contributed by atoms with E-state index >= 15 is 0 Å². The molecule has 5 N–H and O–H groups in total. The molecule has 6 atom stereocenters. The second-order valence-electron chi connectivity index (χ2n) is 21.1. The monoisotopic (exact) mass is 1010 g/mol. The molecule has 19 heteroatoms. The molecule has 5 fully saturated rings. The number of nitrogens with one attached hydrogen (secondary N) is 1. The van der Waals surface area contributed by atoms with Crippen molar-refractivity contribution in [1.82, 2.24) is 40.1 Å². The number of ether oxygens (including phenoxy) is 2. The zero-order chi connectivity index (χ0) is 51.2. The molecule has 6 aromatic rings. The molecule has 0 spiro atoms. The maximum absolute atomic E-state index is 14.4. The van der Waals surface area contributed by atoms with Gasteiger partial charge in [-0.3, -0.25) is 9.59 Å². The fourth-order valence-electron chi connectivity index (χ4n) is 11.8. The van der Waals surface area contributed by atoms with Crippen molar-refractivity contribution in [2.75, 3.05) is 53.2 Å². The largest absolute Gasteiger partial charge is 0.507 e. The van der Waals surface area contributed by atoms with Crippen LogP contribution in [0.1, 0.15) is 94.8 Å². The van der Waals surface area contributed by atoms with Crippen LogP contribution in [0.15, 0.2) is 95.9 Å². The first-order valence-corrected chi connectivity index (χ1v) is 26.2. The number of carbonyl (C=O) groups excluding carboxylic acids is 2. The normalized spacial score (nSPS) is 23.8. The zero-order valence-corrected chi connectivity index (χ0v) is 42.4. The average molecular weight is 1010 g/mol. The van der Waals surface area contributed by atoms with E-state index in [1.165, 1.54) is 4.90 Å². The van der Waals surface area contributed by atoms with Gasteiger partial charge in [-0.05, 0) is 87.4 Å². The van der Waals surface area contributed by atoms with Crippen LogP contribution in [0.3, 0.4) is 0 Å². The van der Waals surface area contributed by atoms with Crippen LogP contribution in [-0.2, 0) is 14.3 Å². The van der Waals surface area contributed by atoms with Crippen LogP contribution in [0.4, 0.5) is 23.0 Å². The van der Waals surface area contributed by atoms with Crippen LogP contribution >= 0.6 is 0 Å². The Labute approximate surface area is 430 Å². The number of rotatable bonds is 15. The molecule has 388 valence electrons. The summed E-state index contributed by atoms with van der Waals surface area (Å²) >= 11 is 0. The minimum absolute atomic E-state index is 0.0284. The third-order valence-corrected chi connectivity index (χ3v) is 15.8. The summed E-state index contributed by atoms with van der Waals surface area (Å²) < 4.78 is 20.9. The highest BCUT2D eigenvalue weighted by Crippen LogP contribution is 2.41. The lowest BCUT2D eigenvalue weighted by Crippen LogP contribution is -2.54. The molecule has 8 heterocycles. The number of piperidine rings is 1. The summed E-state index contributed by atoms with van der Waals surface area (Å²) in [5, 5.41) is 37.3. The number of β-amino-alcohol motifs (C(OH)–C–C–N with tert-alkyl or cyclic N) is 1. The quantitative estimate of drug-likeness (QED) is 0.0880. The van der Waals surface area contributed by atoms with Crippen molar-refractivity contribution in [2.45, 2.75) is 127 Å². The molecule has 4 saturated heterocycles. The summed E-state index contributed by atoms with van der Waals surface area (Å²) in [6, 6.07) is 22.4. The lowest BCUT2D eigenvalue weighted by molar-refractivity contribution is -0.141. The van der Waals surface area contributed by atoms with Gasteiger partial charge < -0.3 is 59.4 Å². The molecular weight excluding hydrogens is 941 g/mol. The third-order valence-electron chi connectivity index (χ3n) is 15.8. The molecule has 1 aliphatic carbocycles. The minimum atomic E-state index is -0.822. The van der Waals surface area contributed by atoms with Crippen molar-refractivity contribution in [3.05, 3.63) is 109 Å². The van der Waals surface area contributed by atoms with Gasteiger partial charge in [-0.1, -0.05) is 43.3 Å². The van der Waals surface area contributed by atoms with Gasteiger partial charge >= 0.3 is 0 Å². The number of hydrogen-bond acceptors (Lipinski definition) is 16. The number of likely N-dealkylation sites (tertiary alicyclic amines) is 1. The van der Waals surface area contributed by atoms with E-state index in [1.807, 2.05) is 93.2 Å². The van der Waals surface area contributed by atoms with Crippen LogP contribution in [0, 0.1) is 12.8 Å². The summed E-state index contributed by atoms with van der Waals surface area (Å²) in [4.78, 5) is 45.6. The molecular formula is C55H66N12O7. The average Bonchev–Trinajstić information content (AvgIpc) is 4.20. The second-order valence-corrected chi connectivity index (χ2v) is 21.1. The maximum Gasteiger partial charge on any atom is 0.243 e. The molecule has 4 aromatic heterocycles. The first-order valence-electron chi connectivity index (χ1n) is 26.2. The highest BCUT2D eigenvalue weighted by atomic mass is 16.5. The van der Waals surface area contributed by atoms with Crippen LogP contribution in [0.2, 0.25) is 0 Å². The number of phenols is 1. The fourth-order valence-corrected chi connectivity index (χ4v) is 11.8. The standard InChI is InChI=1S/C55H66N12O7/c1-32(2)52(55(71)66-31-40(68)24-47(66)54(70)59-33(3)35-9-11-36(12-10-35)65-22-19-57-34(65)4)49-28-50(62-74-49)63-20-16-41(17-21-63)72-42-25-43(26-42)73-51-23-37(15-18-58-51)67-38-13-14-39(67)30-64(29-38)46-27-45(60-61-53(46)56)44-7-5-6-8-48(44)69/h5-12,15,18-19,22-23,27-28,32-33,38-43,47,52,68-69H,13-14,16-17,20-21,24-26,29-31H2,1-4H3,(H2,56,61)(H,59,70)/t33-,38?,39?,40+,42-,43-,47-,52+/m0/s1. The lowest BCUT2D eigenvalue weighted by Gasteiger charge is -2.43. The number of nitrogen functional groups attached to an aromatic ring is 1. The highest BCUT2D eigenvalue weighted by Gasteiger charge is 2.45. The van der Waals surface area contributed by atoms with E-state index < -0.39 is 18.1 Å². The number of aromatic nitrogens is 6. The molecule has 5 aliphatic rings. The van der Waals surface area contributed by atoms with Crippen molar-refractivity contribution in [3.8, 4) is 28.6 Å².